The van der Waals surface area contributed by atoms with Crippen LogP contribution in [-0.4, -0.2) is 23.5 Å². The Morgan fingerprint density at radius 1 is 1.31 bits per heavy atom. The molecular formula is C12H15N3S. The number of H-pyrrole nitrogens is 1. The normalized spacial score (nSPS) is 10.6. The Labute approximate surface area is 99.7 Å². The van der Waals surface area contributed by atoms with Gasteiger partial charge < -0.3 is 5.32 Å². The topological polar surface area (TPSA) is 40.7 Å². The van der Waals surface area contributed by atoms with Crippen LogP contribution in [0.1, 0.15) is 5.69 Å². The van der Waals surface area contributed by atoms with Crippen LogP contribution in [0.2, 0.25) is 0 Å². The van der Waals surface area contributed by atoms with Gasteiger partial charge in [0.25, 0.3) is 0 Å². The first-order chi connectivity index (χ1) is 7.85. The molecule has 1 aromatic heterocycles. The average Bonchev–Trinajstić information content (AvgIpc) is 2.78. The van der Waals surface area contributed by atoms with Gasteiger partial charge in [-0.15, -0.1) is 11.8 Å². The van der Waals surface area contributed by atoms with Crippen LogP contribution in [0, 0.1) is 0 Å². The zero-order valence-corrected chi connectivity index (χ0v) is 10.3. The van der Waals surface area contributed by atoms with Crippen molar-refractivity contribution in [1.82, 2.24) is 15.5 Å². The molecule has 3 nitrogen and oxygen atoms in total. The van der Waals surface area contributed by atoms with E-state index in [1.165, 1.54) is 16.0 Å². The highest BCUT2D eigenvalue weighted by Gasteiger charge is 2.06. The van der Waals surface area contributed by atoms with E-state index in [0.717, 1.165) is 12.2 Å². The number of nitrogens with zero attached hydrogens (tertiary/aromatic N) is 1. The fraction of sp³-hybridized carbons (Fsp3) is 0.250. The van der Waals surface area contributed by atoms with Crippen LogP contribution in [0.25, 0.3) is 11.1 Å². The van der Waals surface area contributed by atoms with Crippen LogP contribution in [-0.2, 0) is 6.54 Å². The summed E-state index contributed by atoms with van der Waals surface area (Å²) in [5.74, 6) is 0. The van der Waals surface area contributed by atoms with Gasteiger partial charge in [0.05, 0.1) is 11.9 Å². The molecule has 16 heavy (non-hydrogen) atoms. The Hall–Kier alpha value is -1.26. The zero-order chi connectivity index (χ0) is 11.4. The molecular weight excluding hydrogens is 218 g/mol. The Balaban J connectivity index is 2.31. The second kappa shape index (κ2) is 5.18. The first-order valence-corrected chi connectivity index (χ1v) is 6.39. The molecule has 0 unspecified atom stereocenters. The predicted octanol–water partition coefficient (Wildman–Crippen LogP) is 2.52. The molecule has 2 aromatic rings. The summed E-state index contributed by atoms with van der Waals surface area (Å²) in [5.41, 5.74) is 3.50. The summed E-state index contributed by atoms with van der Waals surface area (Å²) >= 11 is 1.75. The molecule has 0 fully saturated rings. The summed E-state index contributed by atoms with van der Waals surface area (Å²) in [6, 6.07) is 8.54. The molecule has 0 spiro atoms. The third-order valence-corrected chi connectivity index (χ3v) is 3.22. The molecule has 84 valence electrons. The van der Waals surface area contributed by atoms with Crippen LogP contribution in [0.5, 0.6) is 0 Å². The number of benzene rings is 1. The smallest absolute Gasteiger partial charge is 0.0569 e. The highest BCUT2D eigenvalue weighted by atomic mass is 32.2. The summed E-state index contributed by atoms with van der Waals surface area (Å²) in [4.78, 5) is 1.28. The Morgan fingerprint density at radius 3 is 2.69 bits per heavy atom. The van der Waals surface area contributed by atoms with E-state index in [4.69, 9.17) is 0 Å². The van der Waals surface area contributed by atoms with Gasteiger partial charge in [-0.1, -0.05) is 12.1 Å². The number of nitrogens with one attached hydrogen (secondary N) is 2. The fourth-order valence-electron chi connectivity index (χ4n) is 1.64. The van der Waals surface area contributed by atoms with Crippen molar-refractivity contribution in [3.63, 3.8) is 0 Å². The summed E-state index contributed by atoms with van der Waals surface area (Å²) in [5, 5.41) is 10.2. The maximum absolute atomic E-state index is 4.09. The molecule has 1 heterocycles. The summed E-state index contributed by atoms with van der Waals surface area (Å²) in [6.07, 6.45) is 3.96. The lowest BCUT2D eigenvalue weighted by Gasteiger charge is -2.03. The van der Waals surface area contributed by atoms with E-state index in [1.54, 1.807) is 11.8 Å². The van der Waals surface area contributed by atoms with Crippen molar-refractivity contribution in [2.45, 2.75) is 11.4 Å². The molecule has 0 saturated heterocycles. The lowest BCUT2D eigenvalue weighted by molar-refractivity contribution is 0.785. The molecule has 0 amide bonds. The van der Waals surface area contributed by atoms with Gasteiger partial charge in [-0.05, 0) is 31.0 Å². The van der Waals surface area contributed by atoms with Crippen LogP contribution >= 0.6 is 11.8 Å². The van der Waals surface area contributed by atoms with E-state index >= 15 is 0 Å². The van der Waals surface area contributed by atoms with Crippen molar-refractivity contribution in [2.24, 2.45) is 0 Å². The Bertz CT molecular complexity index is 448. The largest absolute Gasteiger partial charge is 0.314 e. The lowest BCUT2D eigenvalue weighted by Crippen LogP contribution is -2.06. The van der Waals surface area contributed by atoms with Gasteiger partial charge in [0, 0.05) is 17.0 Å². The van der Waals surface area contributed by atoms with Crippen molar-refractivity contribution >= 4 is 11.8 Å². The number of aromatic nitrogens is 2. The van der Waals surface area contributed by atoms with E-state index in [0.29, 0.717) is 0 Å². The van der Waals surface area contributed by atoms with Gasteiger partial charge in [-0.3, -0.25) is 5.10 Å². The van der Waals surface area contributed by atoms with Crippen LogP contribution in [0.3, 0.4) is 0 Å². The molecule has 0 saturated carbocycles. The number of thioether (sulfide) groups is 1. The Kier molecular flexibility index (Phi) is 3.64. The third-order valence-electron chi connectivity index (χ3n) is 2.47. The van der Waals surface area contributed by atoms with E-state index in [2.05, 4.69) is 46.0 Å². The number of hydrogen-bond donors (Lipinski definition) is 2. The molecule has 0 aliphatic carbocycles. The third kappa shape index (κ3) is 2.28. The lowest BCUT2D eigenvalue weighted by atomic mass is 10.1. The number of aromatic amines is 1. The van der Waals surface area contributed by atoms with Crippen molar-refractivity contribution < 1.29 is 0 Å². The molecule has 1 aromatic carbocycles. The minimum Gasteiger partial charge on any atom is -0.314 e. The van der Waals surface area contributed by atoms with E-state index < -0.39 is 0 Å². The Morgan fingerprint density at radius 2 is 2.06 bits per heavy atom. The van der Waals surface area contributed by atoms with Gasteiger partial charge in [-0.2, -0.15) is 5.10 Å². The van der Waals surface area contributed by atoms with E-state index in [9.17, 15) is 0 Å². The standard InChI is InChI=1S/C12H15N3S/c1-13-8-12-11(7-14-15-12)9-3-5-10(16-2)6-4-9/h3-7,13H,8H2,1-2H3,(H,14,15). The molecule has 0 bridgehead atoms. The number of hydrogen-bond acceptors (Lipinski definition) is 3. The summed E-state index contributed by atoms with van der Waals surface area (Å²) in [6.45, 7) is 0.805. The molecule has 0 aliphatic rings. The SMILES string of the molecule is CNCc1[nH]ncc1-c1ccc(SC)cc1. The first kappa shape index (κ1) is 11.2. The minimum absolute atomic E-state index is 0.805. The second-order valence-electron chi connectivity index (χ2n) is 3.52. The predicted molar refractivity (Wildman–Crippen MR) is 68.6 cm³/mol. The molecule has 0 radical (unpaired) electrons. The minimum atomic E-state index is 0.805. The molecule has 0 aliphatic heterocycles. The van der Waals surface area contributed by atoms with Crippen LogP contribution in [0.4, 0.5) is 0 Å². The van der Waals surface area contributed by atoms with Gasteiger partial charge in [0.2, 0.25) is 0 Å². The van der Waals surface area contributed by atoms with Crippen LogP contribution < -0.4 is 5.32 Å². The molecule has 0 atom stereocenters. The quantitative estimate of drug-likeness (QED) is 0.797. The summed E-state index contributed by atoms with van der Waals surface area (Å²) < 4.78 is 0. The molecule has 4 heteroatoms. The monoisotopic (exact) mass is 233 g/mol. The van der Waals surface area contributed by atoms with Crippen molar-refractivity contribution in [2.75, 3.05) is 13.3 Å². The fourth-order valence-corrected chi connectivity index (χ4v) is 2.05. The van der Waals surface area contributed by atoms with Gasteiger partial charge >= 0.3 is 0 Å². The van der Waals surface area contributed by atoms with Crippen LogP contribution in [0.15, 0.2) is 35.4 Å². The van der Waals surface area contributed by atoms with Gasteiger partial charge in [0.1, 0.15) is 0 Å². The maximum atomic E-state index is 4.09. The van der Waals surface area contributed by atoms with Gasteiger partial charge in [-0.25, -0.2) is 0 Å². The first-order valence-electron chi connectivity index (χ1n) is 5.16. The number of rotatable bonds is 4. The van der Waals surface area contributed by atoms with E-state index in [-0.39, 0.29) is 0 Å². The highest BCUT2D eigenvalue weighted by molar-refractivity contribution is 7.98. The molecule has 2 N–H and O–H groups in total. The average molecular weight is 233 g/mol. The van der Waals surface area contributed by atoms with Crippen molar-refractivity contribution in [3.8, 4) is 11.1 Å². The van der Waals surface area contributed by atoms with Crippen molar-refractivity contribution in [3.05, 3.63) is 36.2 Å². The second-order valence-corrected chi connectivity index (χ2v) is 4.40. The maximum Gasteiger partial charge on any atom is 0.0569 e. The van der Waals surface area contributed by atoms with E-state index in [1.807, 2.05) is 13.2 Å². The molecule has 2 rings (SSSR count). The zero-order valence-electron chi connectivity index (χ0n) is 9.45. The van der Waals surface area contributed by atoms with Gasteiger partial charge in [0.15, 0.2) is 0 Å². The highest BCUT2D eigenvalue weighted by Crippen LogP contribution is 2.24. The summed E-state index contributed by atoms with van der Waals surface area (Å²) in [7, 11) is 1.93. The van der Waals surface area contributed by atoms with Crippen molar-refractivity contribution in [1.29, 1.82) is 0 Å².